The van der Waals surface area contributed by atoms with E-state index in [4.69, 9.17) is 0 Å². The van der Waals surface area contributed by atoms with Crippen molar-refractivity contribution in [2.75, 3.05) is 6.61 Å². The number of terminal acetylenes is 1. The molecule has 14 heavy (non-hydrogen) atoms. The summed E-state index contributed by atoms with van der Waals surface area (Å²) >= 11 is 0. The standard InChI is InChI=1S/C7H5F5O2/c1-2-5(13)14-4-3-6(8,9)7(10,11)12/h1H,3-4H2. The van der Waals surface area contributed by atoms with Crippen LogP contribution in [-0.2, 0) is 9.53 Å². The first kappa shape index (κ1) is 12.7. The first-order valence-corrected chi connectivity index (χ1v) is 3.28. The maximum absolute atomic E-state index is 12.1. The summed E-state index contributed by atoms with van der Waals surface area (Å²) in [5.74, 6) is -4.75. The molecule has 0 aliphatic carbocycles. The van der Waals surface area contributed by atoms with Crippen molar-refractivity contribution in [3.8, 4) is 12.3 Å². The molecular weight excluding hydrogens is 211 g/mol. The molecular formula is C7H5F5O2. The summed E-state index contributed by atoms with van der Waals surface area (Å²) in [7, 11) is 0. The number of halogens is 5. The minimum absolute atomic E-state index is 1.07. The minimum Gasteiger partial charge on any atom is -0.456 e. The highest BCUT2D eigenvalue weighted by Crippen LogP contribution is 2.37. The number of hydrogen-bond donors (Lipinski definition) is 0. The van der Waals surface area contributed by atoms with Crippen LogP contribution in [0, 0.1) is 12.3 Å². The maximum Gasteiger partial charge on any atom is 0.453 e. The zero-order valence-electron chi connectivity index (χ0n) is 6.70. The fourth-order valence-corrected chi connectivity index (χ4v) is 0.455. The van der Waals surface area contributed by atoms with Crippen LogP contribution in [-0.4, -0.2) is 24.7 Å². The van der Waals surface area contributed by atoms with Gasteiger partial charge in [0.15, 0.2) is 0 Å². The van der Waals surface area contributed by atoms with Gasteiger partial charge in [-0.3, -0.25) is 0 Å². The largest absolute Gasteiger partial charge is 0.456 e. The van der Waals surface area contributed by atoms with E-state index < -0.39 is 31.1 Å². The van der Waals surface area contributed by atoms with E-state index in [1.54, 1.807) is 0 Å². The van der Waals surface area contributed by atoms with Crippen molar-refractivity contribution in [2.24, 2.45) is 0 Å². The van der Waals surface area contributed by atoms with Gasteiger partial charge in [-0.15, -0.1) is 6.42 Å². The van der Waals surface area contributed by atoms with Crippen LogP contribution in [0.3, 0.4) is 0 Å². The molecule has 0 aromatic rings. The van der Waals surface area contributed by atoms with Gasteiger partial charge in [0, 0.05) is 5.92 Å². The van der Waals surface area contributed by atoms with E-state index in [0.29, 0.717) is 0 Å². The van der Waals surface area contributed by atoms with E-state index in [1.165, 1.54) is 5.92 Å². The van der Waals surface area contributed by atoms with E-state index in [0.717, 1.165) is 0 Å². The Morgan fingerprint density at radius 2 is 1.79 bits per heavy atom. The van der Waals surface area contributed by atoms with Gasteiger partial charge < -0.3 is 4.74 Å². The van der Waals surface area contributed by atoms with Crippen LogP contribution >= 0.6 is 0 Å². The second-order valence-corrected chi connectivity index (χ2v) is 2.23. The molecule has 0 aromatic carbocycles. The molecule has 0 N–H and O–H groups in total. The van der Waals surface area contributed by atoms with Gasteiger partial charge in [-0.25, -0.2) is 4.79 Å². The van der Waals surface area contributed by atoms with Crippen molar-refractivity contribution in [1.29, 1.82) is 0 Å². The van der Waals surface area contributed by atoms with Crippen molar-refractivity contribution in [3.05, 3.63) is 0 Å². The summed E-state index contributed by atoms with van der Waals surface area (Å²) in [5.41, 5.74) is 0. The molecule has 0 spiro atoms. The predicted octanol–water partition coefficient (Wildman–Crippen LogP) is 1.75. The average molecular weight is 216 g/mol. The van der Waals surface area contributed by atoms with Crippen LogP contribution in [0.5, 0.6) is 0 Å². The number of ether oxygens (including phenoxy) is 1. The summed E-state index contributed by atoms with van der Waals surface area (Å²) in [4.78, 5) is 10.2. The molecule has 7 heteroatoms. The zero-order chi connectivity index (χ0) is 11.4. The summed E-state index contributed by atoms with van der Waals surface area (Å²) in [6.07, 6.45) is -2.80. The third kappa shape index (κ3) is 3.60. The van der Waals surface area contributed by atoms with Gasteiger partial charge in [0.25, 0.3) is 0 Å². The number of hydrogen-bond acceptors (Lipinski definition) is 2. The number of esters is 1. The van der Waals surface area contributed by atoms with E-state index in [1.807, 2.05) is 0 Å². The lowest BCUT2D eigenvalue weighted by Gasteiger charge is -2.18. The smallest absolute Gasteiger partial charge is 0.453 e. The van der Waals surface area contributed by atoms with Crippen LogP contribution in [0.4, 0.5) is 22.0 Å². The third-order valence-electron chi connectivity index (χ3n) is 1.18. The van der Waals surface area contributed by atoms with Gasteiger partial charge in [-0.2, -0.15) is 22.0 Å². The van der Waals surface area contributed by atoms with Crippen molar-refractivity contribution in [2.45, 2.75) is 18.5 Å². The Bertz CT molecular complexity index is 250. The molecule has 80 valence electrons. The van der Waals surface area contributed by atoms with Crippen LogP contribution in [0.2, 0.25) is 0 Å². The summed E-state index contributed by atoms with van der Waals surface area (Å²) < 4.78 is 62.6. The highest BCUT2D eigenvalue weighted by Gasteiger charge is 2.56. The molecule has 0 heterocycles. The highest BCUT2D eigenvalue weighted by atomic mass is 19.4. The predicted molar refractivity (Wildman–Crippen MR) is 35.4 cm³/mol. The summed E-state index contributed by atoms with van der Waals surface area (Å²) in [6, 6.07) is 0. The van der Waals surface area contributed by atoms with E-state index in [-0.39, 0.29) is 0 Å². The monoisotopic (exact) mass is 216 g/mol. The van der Waals surface area contributed by atoms with Gasteiger partial charge in [-0.1, -0.05) is 0 Å². The van der Waals surface area contributed by atoms with Gasteiger partial charge in [-0.05, 0) is 0 Å². The average Bonchev–Trinajstić information content (AvgIpc) is 2.01. The lowest BCUT2D eigenvalue weighted by molar-refractivity contribution is -0.286. The minimum atomic E-state index is -5.64. The maximum atomic E-state index is 12.1. The molecule has 0 fully saturated rings. The number of rotatable bonds is 3. The fraction of sp³-hybridized carbons (Fsp3) is 0.571. The van der Waals surface area contributed by atoms with Crippen LogP contribution in [0.1, 0.15) is 6.42 Å². The van der Waals surface area contributed by atoms with Gasteiger partial charge in [0.1, 0.15) is 0 Å². The number of alkyl halides is 5. The second kappa shape index (κ2) is 4.26. The number of carbonyl (C=O) groups is 1. The molecule has 0 aliphatic rings. The fourth-order valence-electron chi connectivity index (χ4n) is 0.455. The molecule has 0 amide bonds. The van der Waals surface area contributed by atoms with Crippen LogP contribution in [0.25, 0.3) is 0 Å². The molecule has 0 saturated heterocycles. The SMILES string of the molecule is C#CC(=O)OCCC(F)(F)C(F)(F)F. The Kier molecular flexibility index (Phi) is 3.86. The molecule has 0 saturated carbocycles. The second-order valence-electron chi connectivity index (χ2n) is 2.23. The quantitative estimate of drug-likeness (QED) is 0.311. The topological polar surface area (TPSA) is 26.3 Å². The van der Waals surface area contributed by atoms with Crippen molar-refractivity contribution < 1.29 is 31.5 Å². The van der Waals surface area contributed by atoms with Crippen molar-refractivity contribution >= 4 is 5.97 Å². The lowest BCUT2D eigenvalue weighted by Crippen LogP contribution is -2.37. The molecule has 0 radical (unpaired) electrons. The Morgan fingerprint density at radius 1 is 1.29 bits per heavy atom. The van der Waals surface area contributed by atoms with Crippen molar-refractivity contribution in [1.82, 2.24) is 0 Å². The molecule has 0 unspecified atom stereocenters. The van der Waals surface area contributed by atoms with E-state index >= 15 is 0 Å². The third-order valence-corrected chi connectivity index (χ3v) is 1.18. The highest BCUT2D eigenvalue weighted by molar-refractivity contribution is 5.87. The molecule has 0 aliphatic heterocycles. The summed E-state index contributed by atoms with van der Waals surface area (Å²) in [5, 5.41) is 0. The van der Waals surface area contributed by atoms with Gasteiger partial charge in [0.2, 0.25) is 0 Å². The normalized spacial score (nSPS) is 12.0. The first-order chi connectivity index (χ1) is 6.20. The Morgan fingerprint density at radius 3 is 2.14 bits per heavy atom. The lowest BCUT2D eigenvalue weighted by atomic mass is 10.2. The molecule has 0 bridgehead atoms. The molecule has 0 aromatic heterocycles. The van der Waals surface area contributed by atoms with Crippen LogP contribution in [0.15, 0.2) is 0 Å². The Balaban J connectivity index is 4.03. The zero-order valence-corrected chi connectivity index (χ0v) is 6.70. The first-order valence-electron chi connectivity index (χ1n) is 3.28. The van der Waals surface area contributed by atoms with Gasteiger partial charge >= 0.3 is 18.1 Å². The summed E-state index contributed by atoms with van der Waals surface area (Å²) in [6.45, 7) is -1.07. The van der Waals surface area contributed by atoms with E-state index in [9.17, 15) is 26.7 Å². The van der Waals surface area contributed by atoms with Crippen molar-refractivity contribution in [3.63, 3.8) is 0 Å². The molecule has 2 nitrogen and oxygen atoms in total. The van der Waals surface area contributed by atoms with E-state index in [2.05, 4.69) is 11.2 Å². The Hall–Kier alpha value is -1.32. The van der Waals surface area contributed by atoms with Crippen LogP contribution < -0.4 is 0 Å². The molecule has 0 rings (SSSR count). The Labute approximate surface area is 76.0 Å². The molecule has 0 atom stereocenters. The number of carbonyl (C=O) groups excluding carboxylic acids is 1. The van der Waals surface area contributed by atoms with Gasteiger partial charge in [0.05, 0.1) is 13.0 Å².